The number of aliphatic hydroxyl groups is 2. The number of sulfonamides is 1. The summed E-state index contributed by atoms with van der Waals surface area (Å²) >= 11 is 0. The van der Waals surface area contributed by atoms with Crippen molar-refractivity contribution in [3.63, 3.8) is 0 Å². The lowest BCUT2D eigenvalue weighted by atomic mass is 10.0. The molecule has 0 radical (unpaired) electrons. The van der Waals surface area contributed by atoms with Crippen LogP contribution in [0.1, 0.15) is 60.8 Å². The molecule has 132 valence electrons. The molecule has 0 saturated carbocycles. The van der Waals surface area contributed by atoms with E-state index in [4.69, 9.17) is 0 Å². The van der Waals surface area contributed by atoms with Gasteiger partial charge >= 0.3 is 0 Å². The second-order valence-corrected chi connectivity index (χ2v) is 6.44. The standard InChI is InChI=1S/C12H21NO4S.2C2H6/c1-3-12(8-14,9-15)13-18(16,17)11-6-4-10(2)5-7-11;2*1-2/h4,6,13-15H,3,5,7-9H2,1-2H3;2*1-2H3. The summed E-state index contributed by atoms with van der Waals surface area (Å²) < 4.78 is 26.7. The molecule has 0 heterocycles. The zero-order valence-corrected chi connectivity index (χ0v) is 15.6. The van der Waals surface area contributed by atoms with Crippen molar-refractivity contribution in [2.75, 3.05) is 13.2 Å². The van der Waals surface area contributed by atoms with E-state index in [9.17, 15) is 18.6 Å². The largest absolute Gasteiger partial charge is 0.394 e. The third-order valence-corrected chi connectivity index (χ3v) is 5.03. The lowest BCUT2D eigenvalue weighted by Crippen LogP contribution is -2.53. The molecule has 1 rings (SSSR count). The van der Waals surface area contributed by atoms with Crippen LogP contribution in [0.4, 0.5) is 0 Å². The minimum atomic E-state index is -3.65. The first kappa shape index (κ1) is 23.6. The van der Waals surface area contributed by atoms with Crippen LogP contribution in [0.15, 0.2) is 22.6 Å². The van der Waals surface area contributed by atoms with Crippen LogP contribution in [0.2, 0.25) is 0 Å². The Morgan fingerprint density at radius 2 is 1.59 bits per heavy atom. The molecular formula is C16H33NO4S. The summed E-state index contributed by atoms with van der Waals surface area (Å²) in [5.74, 6) is 0. The molecule has 1 aliphatic rings. The Bertz CT molecular complexity index is 441. The molecule has 0 saturated heterocycles. The van der Waals surface area contributed by atoms with Crippen LogP contribution in [0.25, 0.3) is 0 Å². The van der Waals surface area contributed by atoms with Gasteiger partial charge in [0.15, 0.2) is 0 Å². The summed E-state index contributed by atoms with van der Waals surface area (Å²) in [6.45, 7) is 10.8. The van der Waals surface area contributed by atoms with E-state index in [1.165, 1.54) is 0 Å². The number of nitrogens with one attached hydrogen (secondary N) is 1. The molecule has 0 aromatic carbocycles. The number of hydrogen-bond donors (Lipinski definition) is 3. The van der Waals surface area contributed by atoms with Gasteiger partial charge in [0.25, 0.3) is 0 Å². The van der Waals surface area contributed by atoms with Crippen LogP contribution in [-0.2, 0) is 10.0 Å². The summed E-state index contributed by atoms with van der Waals surface area (Å²) in [6.07, 6.45) is 4.85. The molecule has 3 N–H and O–H groups in total. The topological polar surface area (TPSA) is 86.6 Å². The third-order valence-electron chi connectivity index (χ3n) is 3.30. The fourth-order valence-corrected chi connectivity index (χ4v) is 3.30. The first-order valence-corrected chi connectivity index (χ1v) is 9.49. The van der Waals surface area contributed by atoms with Gasteiger partial charge in [0.2, 0.25) is 10.0 Å². The summed E-state index contributed by atoms with van der Waals surface area (Å²) in [5.41, 5.74) is -0.0457. The molecule has 5 nitrogen and oxygen atoms in total. The van der Waals surface area contributed by atoms with Gasteiger partial charge in [0, 0.05) is 0 Å². The molecule has 0 bridgehead atoms. The Kier molecular flexibility index (Phi) is 12.7. The van der Waals surface area contributed by atoms with E-state index in [1.54, 1.807) is 19.1 Å². The van der Waals surface area contributed by atoms with E-state index in [0.717, 1.165) is 5.57 Å². The van der Waals surface area contributed by atoms with Gasteiger partial charge < -0.3 is 10.2 Å². The molecule has 0 atom stereocenters. The monoisotopic (exact) mass is 335 g/mol. The number of allylic oxidation sites excluding steroid dienone is 4. The van der Waals surface area contributed by atoms with E-state index in [-0.39, 0.29) is 0 Å². The molecular weight excluding hydrogens is 302 g/mol. The minimum absolute atomic E-state index is 0.299. The summed E-state index contributed by atoms with van der Waals surface area (Å²) in [4.78, 5) is 0.299. The Hall–Kier alpha value is -0.690. The van der Waals surface area contributed by atoms with Crippen LogP contribution < -0.4 is 4.72 Å². The Morgan fingerprint density at radius 3 is 1.91 bits per heavy atom. The smallest absolute Gasteiger partial charge is 0.237 e. The quantitative estimate of drug-likeness (QED) is 0.696. The lowest BCUT2D eigenvalue weighted by molar-refractivity contribution is 0.106. The fraction of sp³-hybridized carbons (Fsp3) is 0.750. The molecule has 0 unspecified atom stereocenters. The molecule has 0 aliphatic heterocycles. The van der Waals surface area contributed by atoms with Crippen molar-refractivity contribution in [3.8, 4) is 0 Å². The van der Waals surface area contributed by atoms with Gasteiger partial charge in [0.1, 0.15) is 0 Å². The minimum Gasteiger partial charge on any atom is -0.394 e. The van der Waals surface area contributed by atoms with Gasteiger partial charge in [-0.2, -0.15) is 0 Å². The molecule has 6 heteroatoms. The van der Waals surface area contributed by atoms with E-state index < -0.39 is 28.8 Å². The highest BCUT2D eigenvalue weighted by atomic mass is 32.2. The van der Waals surface area contributed by atoms with Crippen molar-refractivity contribution >= 4 is 10.0 Å². The van der Waals surface area contributed by atoms with Crippen molar-refractivity contribution in [3.05, 3.63) is 22.6 Å². The normalized spacial score (nSPS) is 14.7. The summed E-state index contributed by atoms with van der Waals surface area (Å²) in [6, 6.07) is 0. The highest BCUT2D eigenvalue weighted by molar-refractivity contribution is 7.93. The second kappa shape index (κ2) is 11.8. The van der Waals surface area contributed by atoms with Gasteiger partial charge in [0.05, 0.1) is 23.7 Å². The van der Waals surface area contributed by atoms with Gasteiger partial charge in [-0.05, 0) is 32.3 Å². The predicted octanol–water partition coefficient (Wildman–Crippen LogP) is 2.72. The zero-order chi connectivity index (χ0) is 17.8. The highest BCUT2D eigenvalue weighted by Crippen LogP contribution is 2.23. The molecule has 0 aromatic rings. The molecule has 0 fully saturated rings. The maximum atomic E-state index is 12.2. The number of rotatable bonds is 6. The molecule has 0 aromatic heterocycles. The molecule has 1 aliphatic carbocycles. The van der Waals surface area contributed by atoms with Crippen LogP contribution in [0.3, 0.4) is 0 Å². The summed E-state index contributed by atoms with van der Waals surface area (Å²) in [7, 11) is -3.65. The molecule has 0 amide bonds. The van der Waals surface area contributed by atoms with Gasteiger partial charge in [-0.1, -0.05) is 46.3 Å². The van der Waals surface area contributed by atoms with E-state index in [1.807, 2.05) is 34.6 Å². The van der Waals surface area contributed by atoms with Gasteiger partial charge in [-0.3, -0.25) is 0 Å². The van der Waals surface area contributed by atoms with E-state index in [0.29, 0.717) is 24.2 Å². The van der Waals surface area contributed by atoms with Crippen molar-refractivity contribution in [1.82, 2.24) is 4.72 Å². The van der Waals surface area contributed by atoms with Crippen LogP contribution in [0, 0.1) is 0 Å². The maximum Gasteiger partial charge on any atom is 0.237 e. The fourth-order valence-electron chi connectivity index (χ4n) is 1.71. The van der Waals surface area contributed by atoms with Crippen molar-refractivity contribution in [2.24, 2.45) is 0 Å². The van der Waals surface area contributed by atoms with Crippen molar-refractivity contribution in [2.45, 2.75) is 66.3 Å². The zero-order valence-electron chi connectivity index (χ0n) is 14.8. The number of hydrogen-bond acceptors (Lipinski definition) is 4. The highest BCUT2D eigenvalue weighted by Gasteiger charge is 2.33. The number of aliphatic hydroxyl groups excluding tert-OH is 2. The lowest BCUT2D eigenvalue weighted by Gasteiger charge is -2.30. The first-order valence-electron chi connectivity index (χ1n) is 8.01. The van der Waals surface area contributed by atoms with Crippen molar-refractivity contribution in [1.29, 1.82) is 0 Å². The Labute approximate surface area is 136 Å². The average molecular weight is 336 g/mol. The average Bonchev–Trinajstić information content (AvgIpc) is 2.57. The Balaban J connectivity index is 0. The first-order chi connectivity index (χ1) is 10.4. The van der Waals surface area contributed by atoms with Crippen molar-refractivity contribution < 1.29 is 18.6 Å². The molecule has 22 heavy (non-hydrogen) atoms. The van der Waals surface area contributed by atoms with Crippen LogP contribution in [-0.4, -0.2) is 37.4 Å². The SMILES string of the molecule is CC.CC.CCC(CO)(CO)NS(=O)(=O)C1=CC=C(C)CC1. The predicted molar refractivity (Wildman–Crippen MR) is 93.0 cm³/mol. The van der Waals surface area contributed by atoms with E-state index in [2.05, 4.69) is 4.72 Å². The van der Waals surface area contributed by atoms with Crippen LogP contribution >= 0.6 is 0 Å². The van der Waals surface area contributed by atoms with E-state index >= 15 is 0 Å². The van der Waals surface area contributed by atoms with Gasteiger partial charge in [-0.25, -0.2) is 13.1 Å². The van der Waals surface area contributed by atoms with Gasteiger partial charge in [-0.15, -0.1) is 0 Å². The Morgan fingerprint density at radius 1 is 1.09 bits per heavy atom. The molecule has 0 spiro atoms. The second-order valence-electron chi connectivity index (χ2n) is 4.70. The third kappa shape index (κ3) is 7.05. The maximum absolute atomic E-state index is 12.2. The van der Waals surface area contributed by atoms with Crippen LogP contribution in [0.5, 0.6) is 0 Å². The summed E-state index contributed by atoms with van der Waals surface area (Å²) in [5, 5.41) is 18.5.